The molecule has 0 atom stereocenters. The number of hydrazone groups is 1. The van der Waals surface area contributed by atoms with E-state index in [9.17, 15) is 13.6 Å². The van der Waals surface area contributed by atoms with Gasteiger partial charge in [0.2, 0.25) is 5.91 Å². The Morgan fingerprint density at radius 3 is 2.50 bits per heavy atom. The molecule has 0 heterocycles. The SMILES string of the molecule is C=NN(/C=C(\C)C(N)=O)Cc1c(F)cccc1F. The van der Waals surface area contributed by atoms with E-state index in [1.54, 1.807) is 0 Å². The van der Waals surface area contributed by atoms with Crippen molar-refractivity contribution in [3.8, 4) is 0 Å². The predicted molar refractivity (Wildman–Crippen MR) is 64.4 cm³/mol. The number of amides is 1. The van der Waals surface area contributed by atoms with E-state index < -0.39 is 17.5 Å². The van der Waals surface area contributed by atoms with E-state index in [4.69, 9.17) is 5.73 Å². The molecule has 1 aromatic rings. The summed E-state index contributed by atoms with van der Waals surface area (Å²) in [5.74, 6) is -2.01. The van der Waals surface area contributed by atoms with Gasteiger partial charge in [0.15, 0.2) is 0 Å². The van der Waals surface area contributed by atoms with Crippen LogP contribution in [-0.2, 0) is 11.3 Å². The first-order chi connectivity index (χ1) is 8.45. The summed E-state index contributed by atoms with van der Waals surface area (Å²) >= 11 is 0. The Balaban J connectivity index is 2.97. The van der Waals surface area contributed by atoms with E-state index >= 15 is 0 Å². The van der Waals surface area contributed by atoms with E-state index in [1.807, 2.05) is 0 Å². The molecule has 2 N–H and O–H groups in total. The molecular weight excluding hydrogens is 240 g/mol. The maximum absolute atomic E-state index is 13.4. The minimum absolute atomic E-state index is 0.154. The predicted octanol–water partition coefficient (Wildman–Crippen LogP) is 1.77. The Bertz CT molecular complexity index is 480. The van der Waals surface area contributed by atoms with Gasteiger partial charge in [0.25, 0.3) is 0 Å². The number of benzene rings is 1. The molecular formula is C12H13F2N3O. The van der Waals surface area contributed by atoms with Gasteiger partial charge in [-0.05, 0) is 19.1 Å². The van der Waals surface area contributed by atoms with Crippen LogP contribution in [0.5, 0.6) is 0 Å². The van der Waals surface area contributed by atoms with Crippen LogP contribution in [0, 0.1) is 11.6 Å². The molecule has 6 heteroatoms. The van der Waals surface area contributed by atoms with Crippen molar-refractivity contribution in [3.05, 3.63) is 47.2 Å². The zero-order valence-electron chi connectivity index (χ0n) is 9.86. The molecule has 18 heavy (non-hydrogen) atoms. The molecule has 0 unspecified atom stereocenters. The Morgan fingerprint density at radius 1 is 1.50 bits per heavy atom. The average molecular weight is 253 g/mol. The van der Waals surface area contributed by atoms with Crippen LogP contribution in [0.4, 0.5) is 8.78 Å². The molecule has 4 nitrogen and oxygen atoms in total. The van der Waals surface area contributed by atoms with Gasteiger partial charge in [-0.15, -0.1) is 0 Å². The van der Waals surface area contributed by atoms with Gasteiger partial charge in [-0.3, -0.25) is 9.80 Å². The molecule has 0 fully saturated rings. The van der Waals surface area contributed by atoms with Crippen LogP contribution in [-0.4, -0.2) is 17.6 Å². The van der Waals surface area contributed by atoms with Gasteiger partial charge in [-0.2, -0.15) is 5.10 Å². The van der Waals surface area contributed by atoms with Crippen molar-refractivity contribution in [2.45, 2.75) is 13.5 Å². The Kier molecular flexibility index (Phi) is 4.53. The first kappa shape index (κ1) is 13.8. The Hall–Kier alpha value is -2.24. The van der Waals surface area contributed by atoms with Crippen molar-refractivity contribution in [1.82, 2.24) is 5.01 Å². The number of hydrogen-bond acceptors (Lipinski definition) is 3. The summed E-state index contributed by atoms with van der Waals surface area (Å²) in [6, 6.07) is 3.55. The smallest absolute Gasteiger partial charge is 0.245 e. The molecule has 0 bridgehead atoms. The first-order valence-corrected chi connectivity index (χ1v) is 5.10. The number of primary amides is 1. The van der Waals surface area contributed by atoms with Gasteiger partial charge in [-0.1, -0.05) is 6.07 Å². The lowest BCUT2D eigenvalue weighted by atomic mass is 10.2. The molecule has 1 rings (SSSR count). The fourth-order valence-electron chi connectivity index (χ4n) is 1.27. The number of carbonyl (C=O) groups excluding carboxylic acids is 1. The summed E-state index contributed by atoms with van der Waals surface area (Å²) in [7, 11) is 0. The van der Waals surface area contributed by atoms with E-state index in [1.165, 1.54) is 19.2 Å². The summed E-state index contributed by atoms with van der Waals surface area (Å²) in [6.45, 7) is 4.56. The molecule has 0 aliphatic heterocycles. The van der Waals surface area contributed by atoms with E-state index in [0.717, 1.165) is 17.1 Å². The van der Waals surface area contributed by atoms with Crippen molar-refractivity contribution < 1.29 is 13.6 Å². The maximum Gasteiger partial charge on any atom is 0.245 e. The second kappa shape index (κ2) is 5.90. The van der Waals surface area contributed by atoms with E-state index in [2.05, 4.69) is 11.8 Å². The third-order valence-electron chi connectivity index (χ3n) is 2.29. The maximum atomic E-state index is 13.4. The third-order valence-corrected chi connectivity index (χ3v) is 2.29. The molecule has 1 aromatic carbocycles. The number of halogens is 2. The second-order valence-corrected chi connectivity index (χ2v) is 3.62. The lowest BCUT2D eigenvalue weighted by Crippen LogP contribution is -2.17. The van der Waals surface area contributed by atoms with Crippen molar-refractivity contribution >= 4 is 12.6 Å². The molecule has 0 spiro atoms. The van der Waals surface area contributed by atoms with E-state index in [0.29, 0.717) is 0 Å². The van der Waals surface area contributed by atoms with Gasteiger partial charge in [0, 0.05) is 24.1 Å². The molecule has 96 valence electrons. The van der Waals surface area contributed by atoms with Crippen LogP contribution in [0.2, 0.25) is 0 Å². The second-order valence-electron chi connectivity index (χ2n) is 3.62. The fraction of sp³-hybridized carbons (Fsp3) is 0.167. The van der Waals surface area contributed by atoms with Crippen LogP contribution in [0.1, 0.15) is 12.5 Å². The zero-order valence-corrected chi connectivity index (χ0v) is 9.86. The highest BCUT2D eigenvalue weighted by Crippen LogP contribution is 2.15. The molecule has 0 saturated heterocycles. The molecule has 0 aromatic heterocycles. The Labute approximate surface area is 103 Å². The summed E-state index contributed by atoms with van der Waals surface area (Å²) < 4.78 is 26.8. The van der Waals surface area contributed by atoms with Gasteiger partial charge in [0.05, 0.1) is 6.54 Å². The number of carbonyl (C=O) groups is 1. The summed E-state index contributed by atoms with van der Waals surface area (Å²) in [6.07, 6.45) is 1.28. The van der Waals surface area contributed by atoms with Gasteiger partial charge in [-0.25, -0.2) is 8.78 Å². The lowest BCUT2D eigenvalue weighted by molar-refractivity contribution is -0.114. The highest BCUT2D eigenvalue weighted by Gasteiger charge is 2.11. The van der Waals surface area contributed by atoms with Gasteiger partial charge in [0.1, 0.15) is 11.6 Å². The van der Waals surface area contributed by atoms with Crippen molar-refractivity contribution in [2.24, 2.45) is 10.8 Å². The largest absolute Gasteiger partial charge is 0.366 e. The molecule has 1 amide bonds. The zero-order chi connectivity index (χ0) is 13.7. The van der Waals surface area contributed by atoms with Crippen LogP contribution in [0.25, 0.3) is 0 Å². The number of hydrogen-bond donors (Lipinski definition) is 1. The lowest BCUT2D eigenvalue weighted by Gasteiger charge is -2.15. The first-order valence-electron chi connectivity index (χ1n) is 5.10. The number of nitrogens with zero attached hydrogens (tertiary/aromatic N) is 2. The quantitative estimate of drug-likeness (QED) is 0.494. The fourth-order valence-corrected chi connectivity index (χ4v) is 1.27. The van der Waals surface area contributed by atoms with Gasteiger partial charge < -0.3 is 5.73 Å². The number of nitrogens with two attached hydrogens (primary N) is 1. The third kappa shape index (κ3) is 3.38. The molecule has 0 saturated carbocycles. The van der Waals surface area contributed by atoms with Crippen LogP contribution in [0.3, 0.4) is 0 Å². The molecule has 0 radical (unpaired) electrons. The van der Waals surface area contributed by atoms with E-state index in [-0.39, 0.29) is 17.7 Å². The van der Waals surface area contributed by atoms with Crippen molar-refractivity contribution in [3.63, 3.8) is 0 Å². The number of rotatable bonds is 5. The normalized spacial score (nSPS) is 11.2. The minimum Gasteiger partial charge on any atom is -0.366 e. The highest BCUT2D eigenvalue weighted by molar-refractivity contribution is 5.91. The molecule has 0 aliphatic carbocycles. The van der Waals surface area contributed by atoms with Crippen molar-refractivity contribution in [1.29, 1.82) is 0 Å². The van der Waals surface area contributed by atoms with Crippen LogP contribution in [0.15, 0.2) is 35.1 Å². The average Bonchev–Trinajstić information content (AvgIpc) is 2.32. The summed E-state index contributed by atoms with van der Waals surface area (Å²) in [4.78, 5) is 10.9. The summed E-state index contributed by atoms with van der Waals surface area (Å²) in [5, 5.41) is 4.69. The van der Waals surface area contributed by atoms with Crippen molar-refractivity contribution in [2.75, 3.05) is 0 Å². The molecule has 0 aliphatic rings. The minimum atomic E-state index is -0.686. The monoisotopic (exact) mass is 253 g/mol. The van der Waals surface area contributed by atoms with Gasteiger partial charge >= 0.3 is 0 Å². The Morgan fingerprint density at radius 2 is 2.06 bits per heavy atom. The standard InChI is InChI=1S/C12H13F2N3O/c1-8(12(15)18)6-17(16-2)7-9-10(13)4-3-5-11(9)14/h3-6H,2,7H2,1H3,(H2,15,18)/b8-6+. The topological polar surface area (TPSA) is 58.7 Å². The van der Waals surface area contributed by atoms with Crippen LogP contribution >= 0.6 is 0 Å². The van der Waals surface area contributed by atoms with Crippen LogP contribution < -0.4 is 5.73 Å². The summed E-state index contributed by atoms with van der Waals surface area (Å²) in [5.41, 5.74) is 5.10. The highest BCUT2D eigenvalue weighted by atomic mass is 19.1.